The average Bonchev–Trinajstić information content (AvgIpc) is 2.15. The van der Waals surface area contributed by atoms with Crippen LogP contribution in [-0.2, 0) is 0 Å². The molecule has 0 aromatic heterocycles. The molecule has 0 amide bonds. The van der Waals surface area contributed by atoms with Crippen LogP contribution in [0.15, 0.2) is 18.2 Å². The van der Waals surface area contributed by atoms with Crippen molar-refractivity contribution < 1.29 is 4.74 Å². The van der Waals surface area contributed by atoms with Crippen molar-refractivity contribution in [3.63, 3.8) is 0 Å². The second-order valence-electron chi connectivity index (χ2n) is 3.63. The molecular weight excluding hydrogens is 174 g/mol. The fraction of sp³-hybridized carbons (Fsp3) is 0.500. The highest BCUT2D eigenvalue weighted by Gasteiger charge is 2.09. The fourth-order valence-electron chi connectivity index (χ4n) is 1.44. The van der Waals surface area contributed by atoms with Crippen molar-refractivity contribution >= 4 is 0 Å². The molecule has 0 aliphatic carbocycles. The van der Waals surface area contributed by atoms with E-state index < -0.39 is 0 Å². The van der Waals surface area contributed by atoms with E-state index in [2.05, 4.69) is 19.9 Å². The van der Waals surface area contributed by atoms with Crippen molar-refractivity contribution in [3.05, 3.63) is 29.3 Å². The van der Waals surface area contributed by atoms with Gasteiger partial charge in [0.1, 0.15) is 5.75 Å². The molecule has 1 unspecified atom stereocenters. The molecule has 0 saturated heterocycles. The molecule has 2 N–H and O–H groups in total. The Bertz CT molecular complexity index is 294. The van der Waals surface area contributed by atoms with Crippen LogP contribution in [0, 0.1) is 6.92 Å². The van der Waals surface area contributed by atoms with Crippen LogP contribution in [-0.4, -0.2) is 6.61 Å². The summed E-state index contributed by atoms with van der Waals surface area (Å²) in [4.78, 5) is 0. The predicted octanol–water partition coefficient (Wildman–Crippen LogP) is 2.80. The molecule has 0 heterocycles. The quantitative estimate of drug-likeness (QED) is 0.798. The van der Waals surface area contributed by atoms with Crippen LogP contribution in [0.3, 0.4) is 0 Å². The lowest BCUT2D eigenvalue weighted by molar-refractivity contribution is 0.310. The van der Waals surface area contributed by atoms with Crippen LogP contribution >= 0.6 is 0 Å². The zero-order valence-corrected chi connectivity index (χ0v) is 9.21. The molecule has 0 aliphatic heterocycles. The van der Waals surface area contributed by atoms with E-state index in [1.54, 1.807) is 0 Å². The summed E-state index contributed by atoms with van der Waals surface area (Å²) in [5.74, 6) is 0.962. The summed E-state index contributed by atoms with van der Waals surface area (Å²) < 4.78 is 5.70. The maximum atomic E-state index is 5.88. The van der Waals surface area contributed by atoms with Crippen molar-refractivity contribution in [3.8, 4) is 5.75 Å². The minimum atomic E-state index is 0.0294. The molecule has 1 aromatic rings. The molecule has 0 bridgehead atoms. The van der Waals surface area contributed by atoms with Gasteiger partial charge in [-0.2, -0.15) is 0 Å². The molecule has 1 rings (SSSR count). The van der Waals surface area contributed by atoms with Gasteiger partial charge in [-0.25, -0.2) is 0 Å². The number of nitrogens with two attached hydrogens (primary N) is 1. The minimum Gasteiger partial charge on any atom is -0.493 e. The first-order chi connectivity index (χ1) is 6.66. The van der Waals surface area contributed by atoms with Gasteiger partial charge in [0.25, 0.3) is 0 Å². The zero-order chi connectivity index (χ0) is 10.6. The number of rotatable bonds is 4. The number of ether oxygens (including phenoxy) is 1. The molecule has 2 heteroatoms. The van der Waals surface area contributed by atoms with Gasteiger partial charge < -0.3 is 10.5 Å². The molecule has 0 saturated carbocycles. The summed E-state index contributed by atoms with van der Waals surface area (Å²) >= 11 is 0. The summed E-state index contributed by atoms with van der Waals surface area (Å²) in [7, 11) is 0. The van der Waals surface area contributed by atoms with Crippen molar-refractivity contribution in [2.24, 2.45) is 5.73 Å². The van der Waals surface area contributed by atoms with Crippen molar-refractivity contribution in [2.45, 2.75) is 33.2 Å². The van der Waals surface area contributed by atoms with Gasteiger partial charge in [-0.1, -0.05) is 25.1 Å². The van der Waals surface area contributed by atoms with E-state index in [1.807, 2.05) is 19.1 Å². The Balaban J connectivity index is 2.96. The van der Waals surface area contributed by atoms with E-state index in [0.29, 0.717) is 0 Å². The van der Waals surface area contributed by atoms with E-state index in [-0.39, 0.29) is 6.04 Å². The number of para-hydroxylation sites is 1. The Kier molecular flexibility index (Phi) is 3.96. The van der Waals surface area contributed by atoms with Crippen LogP contribution in [0.2, 0.25) is 0 Å². The van der Waals surface area contributed by atoms with Crippen LogP contribution in [0.25, 0.3) is 0 Å². The minimum absolute atomic E-state index is 0.0294. The van der Waals surface area contributed by atoms with Gasteiger partial charge in [-0.05, 0) is 25.8 Å². The molecule has 78 valence electrons. The largest absolute Gasteiger partial charge is 0.493 e. The van der Waals surface area contributed by atoms with E-state index in [1.165, 1.54) is 0 Å². The molecule has 0 aliphatic rings. The van der Waals surface area contributed by atoms with Gasteiger partial charge in [0, 0.05) is 11.6 Å². The van der Waals surface area contributed by atoms with Gasteiger partial charge in [0.05, 0.1) is 6.61 Å². The Morgan fingerprint density at radius 3 is 2.71 bits per heavy atom. The highest BCUT2D eigenvalue weighted by Crippen LogP contribution is 2.27. The summed E-state index contributed by atoms with van der Waals surface area (Å²) in [5, 5.41) is 0. The number of benzene rings is 1. The Morgan fingerprint density at radius 1 is 1.43 bits per heavy atom. The van der Waals surface area contributed by atoms with Crippen LogP contribution in [0.5, 0.6) is 5.75 Å². The van der Waals surface area contributed by atoms with E-state index in [4.69, 9.17) is 10.5 Å². The third-order valence-electron chi connectivity index (χ3n) is 2.18. The summed E-state index contributed by atoms with van der Waals surface area (Å²) in [5.41, 5.74) is 8.13. The van der Waals surface area contributed by atoms with E-state index in [0.717, 1.165) is 29.9 Å². The number of aryl methyl sites for hydroxylation is 1. The number of hydrogen-bond acceptors (Lipinski definition) is 2. The monoisotopic (exact) mass is 193 g/mol. The third kappa shape index (κ3) is 2.48. The predicted molar refractivity (Wildman–Crippen MR) is 59.6 cm³/mol. The van der Waals surface area contributed by atoms with Crippen LogP contribution < -0.4 is 10.5 Å². The lowest BCUT2D eigenvalue weighted by Gasteiger charge is -2.15. The highest BCUT2D eigenvalue weighted by atomic mass is 16.5. The summed E-state index contributed by atoms with van der Waals surface area (Å²) in [6, 6.07) is 6.13. The Labute approximate surface area is 86.1 Å². The van der Waals surface area contributed by atoms with Gasteiger partial charge in [0.2, 0.25) is 0 Å². The normalized spacial score (nSPS) is 12.6. The van der Waals surface area contributed by atoms with Crippen LogP contribution in [0.4, 0.5) is 0 Å². The van der Waals surface area contributed by atoms with Crippen LogP contribution in [0.1, 0.15) is 37.4 Å². The third-order valence-corrected chi connectivity index (χ3v) is 2.18. The van der Waals surface area contributed by atoms with Crippen molar-refractivity contribution in [2.75, 3.05) is 6.61 Å². The molecule has 14 heavy (non-hydrogen) atoms. The van der Waals surface area contributed by atoms with E-state index in [9.17, 15) is 0 Å². The topological polar surface area (TPSA) is 35.2 Å². The maximum absolute atomic E-state index is 5.88. The number of hydrogen-bond donors (Lipinski definition) is 1. The fourth-order valence-corrected chi connectivity index (χ4v) is 1.44. The van der Waals surface area contributed by atoms with Crippen molar-refractivity contribution in [1.29, 1.82) is 0 Å². The first-order valence-electron chi connectivity index (χ1n) is 5.14. The van der Waals surface area contributed by atoms with Gasteiger partial charge in [-0.3, -0.25) is 0 Å². The van der Waals surface area contributed by atoms with Crippen molar-refractivity contribution in [1.82, 2.24) is 0 Å². The van der Waals surface area contributed by atoms with Gasteiger partial charge >= 0.3 is 0 Å². The summed E-state index contributed by atoms with van der Waals surface area (Å²) in [6.45, 7) is 6.89. The summed E-state index contributed by atoms with van der Waals surface area (Å²) in [6.07, 6.45) is 1.02. The Morgan fingerprint density at radius 2 is 2.14 bits per heavy atom. The lowest BCUT2D eigenvalue weighted by atomic mass is 10.0. The molecule has 1 atom stereocenters. The average molecular weight is 193 g/mol. The van der Waals surface area contributed by atoms with Gasteiger partial charge in [0.15, 0.2) is 0 Å². The SMILES string of the molecule is CCCOc1c(C)cccc1C(C)N. The molecule has 1 aromatic carbocycles. The standard InChI is InChI=1S/C12H19NO/c1-4-8-14-12-9(2)6-5-7-11(12)10(3)13/h5-7,10H,4,8,13H2,1-3H3. The van der Waals surface area contributed by atoms with Gasteiger partial charge in [-0.15, -0.1) is 0 Å². The second kappa shape index (κ2) is 5.01. The lowest BCUT2D eigenvalue weighted by Crippen LogP contribution is -2.09. The highest BCUT2D eigenvalue weighted by molar-refractivity contribution is 5.42. The smallest absolute Gasteiger partial charge is 0.126 e. The molecular formula is C12H19NO. The first-order valence-corrected chi connectivity index (χ1v) is 5.14. The molecule has 0 fully saturated rings. The molecule has 0 spiro atoms. The molecule has 0 radical (unpaired) electrons. The maximum Gasteiger partial charge on any atom is 0.126 e. The Hall–Kier alpha value is -1.02. The van der Waals surface area contributed by atoms with E-state index >= 15 is 0 Å². The first kappa shape index (κ1) is 11.1. The zero-order valence-electron chi connectivity index (χ0n) is 9.21. The second-order valence-corrected chi connectivity index (χ2v) is 3.63. The molecule has 2 nitrogen and oxygen atoms in total.